The van der Waals surface area contributed by atoms with E-state index in [-0.39, 0.29) is 20.0 Å². The number of aromatic nitrogens is 1. The lowest BCUT2D eigenvalue weighted by Crippen LogP contribution is -2.07. The van der Waals surface area contributed by atoms with E-state index in [2.05, 4.69) is 39.1 Å². The van der Waals surface area contributed by atoms with E-state index in [1.54, 1.807) is 6.20 Å². The third-order valence-electron chi connectivity index (χ3n) is 5.03. The third kappa shape index (κ3) is 2.96. The van der Waals surface area contributed by atoms with Gasteiger partial charge in [-0.3, -0.25) is 4.98 Å². The molecule has 1 heterocycles. The smallest absolute Gasteiger partial charge is 0.189 e. The molecule has 126 valence electrons. The number of fused-ring (bicyclic) bond motifs is 5. The summed E-state index contributed by atoms with van der Waals surface area (Å²) in [6, 6.07) is 8.61. The summed E-state index contributed by atoms with van der Waals surface area (Å²) in [4.78, 5) is 4.56. The second kappa shape index (κ2) is 6.82. The summed E-state index contributed by atoms with van der Waals surface area (Å²) < 4.78 is 11.8. The molecule has 0 spiro atoms. The molecule has 2 aliphatic rings. The predicted molar refractivity (Wildman–Crippen MR) is 95.2 cm³/mol. The Labute approximate surface area is 150 Å². The van der Waals surface area contributed by atoms with Crippen molar-refractivity contribution in [2.45, 2.75) is 31.1 Å². The number of hydrogen-bond donors (Lipinski definition) is 1. The van der Waals surface area contributed by atoms with Crippen LogP contribution in [0, 0.1) is 0 Å². The molecule has 2 aromatic rings. The monoisotopic (exact) mass is 389 g/mol. The Kier molecular flexibility index (Phi) is 4.57. The summed E-state index contributed by atoms with van der Waals surface area (Å²) in [5.41, 5.74) is 4.94. The topological polar surface area (TPSA) is 51.6 Å². The number of rotatable bonds is 6. The number of hydrogen-bond acceptors (Lipinski definition) is 4. The number of nitrogens with zero attached hydrogens (tertiary/aromatic N) is 1. The van der Waals surface area contributed by atoms with Crippen LogP contribution in [0.1, 0.15) is 42.2 Å². The predicted octanol–water partition coefficient (Wildman–Crippen LogP) is 4.22. The Morgan fingerprint density at radius 2 is 2.00 bits per heavy atom. The first-order valence-corrected chi connectivity index (χ1v) is 9.16. The summed E-state index contributed by atoms with van der Waals surface area (Å²) >= 11 is 3.44. The summed E-state index contributed by atoms with van der Waals surface area (Å²) in [7, 11) is 0. The molecule has 4 nitrogen and oxygen atoms in total. The van der Waals surface area contributed by atoms with Gasteiger partial charge in [0.15, 0.2) is 6.79 Å². The van der Waals surface area contributed by atoms with Crippen molar-refractivity contribution in [1.29, 1.82) is 0 Å². The van der Waals surface area contributed by atoms with Crippen LogP contribution in [0.25, 0.3) is 11.3 Å². The zero-order valence-electron chi connectivity index (χ0n) is 13.4. The maximum absolute atomic E-state index is 8.78. The second-order valence-electron chi connectivity index (χ2n) is 6.44. The molecule has 1 aromatic carbocycles. The van der Waals surface area contributed by atoms with Crippen LogP contribution >= 0.6 is 15.9 Å². The fourth-order valence-corrected chi connectivity index (χ4v) is 4.28. The molecule has 1 saturated carbocycles. The molecule has 5 heteroatoms. The minimum absolute atomic E-state index is 0.0136. The molecule has 1 aromatic heterocycles. The van der Waals surface area contributed by atoms with Gasteiger partial charge in [-0.25, -0.2) is 0 Å². The average molecular weight is 390 g/mol. The molecular weight excluding hydrogens is 370 g/mol. The van der Waals surface area contributed by atoms with Crippen molar-refractivity contribution < 1.29 is 14.6 Å². The van der Waals surface area contributed by atoms with Crippen molar-refractivity contribution in [2.75, 3.05) is 20.0 Å². The van der Waals surface area contributed by atoms with Crippen LogP contribution in [0.4, 0.5) is 0 Å². The number of aliphatic hydroxyl groups excluding tert-OH is 1. The molecule has 4 rings (SSSR count). The first-order chi connectivity index (χ1) is 11.8. The normalized spacial score (nSPS) is 21.1. The molecule has 2 atom stereocenters. The van der Waals surface area contributed by atoms with Gasteiger partial charge in [0.1, 0.15) is 11.4 Å². The molecule has 2 aliphatic carbocycles. The van der Waals surface area contributed by atoms with Gasteiger partial charge in [-0.1, -0.05) is 12.1 Å². The Balaban J connectivity index is 1.63. The van der Waals surface area contributed by atoms with Gasteiger partial charge in [-0.15, -0.1) is 0 Å². The molecular formula is C19H20BrNO3. The van der Waals surface area contributed by atoms with Crippen LogP contribution in [0.5, 0.6) is 5.75 Å². The van der Waals surface area contributed by atoms with Gasteiger partial charge < -0.3 is 14.6 Å². The summed E-state index contributed by atoms with van der Waals surface area (Å²) in [6.45, 7) is 0.348. The number of benzene rings is 1. The highest BCUT2D eigenvalue weighted by molar-refractivity contribution is 9.10. The molecule has 0 saturated heterocycles. The van der Waals surface area contributed by atoms with Crippen LogP contribution in [-0.4, -0.2) is 30.1 Å². The largest absolute Gasteiger partial charge is 0.465 e. The standard InChI is InChI=1S/C19H20BrNO3/c20-15-9-18(24-11-23-6-5-22)19(21-10-15)14-3-4-16-12-1-2-13(7-12)17(16)8-14/h3-4,8-10,12-13,22H,1-2,5-7,11H2. The van der Waals surface area contributed by atoms with Gasteiger partial charge in [-0.05, 0) is 70.3 Å². The van der Waals surface area contributed by atoms with E-state index >= 15 is 0 Å². The van der Waals surface area contributed by atoms with Gasteiger partial charge in [-0.2, -0.15) is 0 Å². The van der Waals surface area contributed by atoms with Crippen molar-refractivity contribution in [3.8, 4) is 17.0 Å². The molecule has 1 N–H and O–H groups in total. The lowest BCUT2D eigenvalue weighted by Gasteiger charge is -2.17. The molecule has 2 bridgehead atoms. The fourth-order valence-electron chi connectivity index (χ4n) is 3.97. The third-order valence-corrected chi connectivity index (χ3v) is 5.46. The highest BCUT2D eigenvalue weighted by Crippen LogP contribution is 2.53. The van der Waals surface area contributed by atoms with E-state index in [1.807, 2.05) is 6.07 Å². The van der Waals surface area contributed by atoms with Crippen molar-refractivity contribution in [1.82, 2.24) is 4.98 Å². The molecule has 0 radical (unpaired) electrons. The Hall–Kier alpha value is -1.43. The van der Waals surface area contributed by atoms with Gasteiger partial charge in [0, 0.05) is 16.2 Å². The van der Waals surface area contributed by atoms with Gasteiger partial charge in [0.05, 0.1) is 13.2 Å². The van der Waals surface area contributed by atoms with Gasteiger partial charge >= 0.3 is 0 Å². The Morgan fingerprint density at radius 3 is 2.83 bits per heavy atom. The van der Waals surface area contributed by atoms with Crippen LogP contribution in [0.3, 0.4) is 0 Å². The number of pyridine rings is 1. The SMILES string of the molecule is OCCOCOc1cc(Br)cnc1-c1ccc2c(c1)C1CCC2C1. The van der Waals surface area contributed by atoms with E-state index in [0.717, 1.165) is 27.6 Å². The first-order valence-electron chi connectivity index (χ1n) is 8.37. The highest BCUT2D eigenvalue weighted by atomic mass is 79.9. The quantitative estimate of drug-likeness (QED) is 0.593. The van der Waals surface area contributed by atoms with Gasteiger partial charge in [0.2, 0.25) is 0 Å². The van der Waals surface area contributed by atoms with Gasteiger partial charge in [0.25, 0.3) is 0 Å². The molecule has 0 aliphatic heterocycles. The Morgan fingerprint density at radius 1 is 1.17 bits per heavy atom. The van der Waals surface area contributed by atoms with Crippen LogP contribution in [0.15, 0.2) is 34.9 Å². The van der Waals surface area contributed by atoms with E-state index in [1.165, 1.54) is 30.4 Å². The average Bonchev–Trinajstić information content (AvgIpc) is 3.21. The minimum Gasteiger partial charge on any atom is -0.465 e. The highest BCUT2D eigenvalue weighted by Gasteiger charge is 2.36. The van der Waals surface area contributed by atoms with Crippen LogP contribution < -0.4 is 4.74 Å². The minimum atomic E-state index is -0.0136. The second-order valence-corrected chi connectivity index (χ2v) is 7.36. The molecule has 1 fully saturated rings. The van der Waals surface area contributed by atoms with Crippen molar-refractivity contribution in [3.05, 3.63) is 46.1 Å². The first kappa shape index (κ1) is 16.1. The summed E-state index contributed by atoms with van der Waals surface area (Å²) in [5.74, 6) is 2.17. The number of aliphatic hydroxyl groups is 1. The van der Waals surface area contributed by atoms with E-state index in [9.17, 15) is 0 Å². The van der Waals surface area contributed by atoms with Crippen molar-refractivity contribution in [2.24, 2.45) is 0 Å². The van der Waals surface area contributed by atoms with Crippen molar-refractivity contribution >= 4 is 15.9 Å². The zero-order valence-corrected chi connectivity index (χ0v) is 15.0. The Bertz CT molecular complexity index is 749. The lowest BCUT2D eigenvalue weighted by molar-refractivity contribution is -0.000923. The molecule has 2 unspecified atom stereocenters. The van der Waals surface area contributed by atoms with Crippen LogP contribution in [-0.2, 0) is 4.74 Å². The van der Waals surface area contributed by atoms with E-state index in [4.69, 9.17) is 14.6 Å². The lowest BCUT2D eigenvalue weighted by atomic mass is 9.90. The maximum atomic E-state index is 8.78. The van der Waals surface area contributed by atoms with Crippen molar-refractivity contribution in [3.63, 3.8) is 0 Å². The fraction of sp³-hybridized carbons (Fsp3) is 0.421. The zero-order chi connectivity index (χ0) is 16.5. The molecule has 0 amide bonds. The van der Waals surface area contributed by atoms with E-state index < -0.39 is 0 Å². The summed E-state index contributed by atoms with van der Waals surface area (Å²) in [5, 5.41) is 8.78. The number of ether oxygens (including phenoxy) is 2. The molecule has 24 heavy (non-hydrogen) atoms. The maximum Gasteiger partial charge on any atom is 0.189 e. The number of halogens is 1. The summed E-state index contributed by atoms with van der Waals surface area (Å²) in [6.07, 6.45) is 5.75. The van der Waals surface area contributed by atoms with E-state index in [0.29, 0.717) is 5.75 Å². The van der Waals surface area contributed by atoms with Crippen LogP contribution in [0.2, 0.25) is 0 Å².